The van der Waals surface area contributed by atoms with Crippen molar-refractivity contribution in [3.05, 3.63) is 35.9 Å². The number of nitrogens with zero attached hydrogens (tertiary/aromatic N) is 4. The molecule has 0 unspecified atom stereocenters. The Kier molecular flexibility index (Phi) is 3.22. The Bertz CT molecular complexity index is 513. The Balaban J connectivity index is 1.94. The normalized spacial score (nSPS) is 10.5. The van der Waals surface area contributed by atoms with Gasteiger partial charge in [0.25, 0.3) is 5.91 Å². The Morgan fingerprint density at radius 1 is 1.47 bits per heavy atom. The Hall–Kier alpha value is -2.11. The fraction of sp³-hybridized carbons (Fsp3) is 0.364. The van der Waals surface area contributed by atoms with Crippen molar-refractivity contribution in [3.8, 4) is 0 Å². The van der Waals surface area contributed by atoms with E-state index in [9.17, 15) is 4.79 Å². The van der Waals surface area contributed by atoms with E-state index in [1.807, 2.05) is 17.8 Å². The third-order valence-electron chi connectivity index (χ3n) is 2.52. The molecule has 2 aromatic rings. The molecule has 2 heterocycles. The first kappa shape index (κ1) is 11.4. The third kappa shape index (κ3) is 2.52. The van der Waals surface area contributed by atoms with Gasteiger partial charge in [-0.3, -0.25) is 14.2 Å². The van der Waals surface area contributed by atoms with Crippen LogP contribution in [0.1, 0.15) is 23.0 Å². The second-order valence-corrected chi connectivity index (χ2v) is 3.73. The van der Waals surface area contributed by atoms with Crippen LogP contribution in [0, 0.1) is 0 Å². The molecular weight excluding hydrogens is 218 g/mol. The van der Waals surface area contributed by atoms with Gasteiger partial charge in [0.15, 0.2) is 0 Å². The minimum absolute atomic E-state index is 0.130. The van der Waals surface area contributed by atoms with Gasteiger partial charge >= 0.3 is 0 Å². The smallest absolute Gasteiger partial charge is 0.269 e. The molecule has 0 aliphatic rings. The van der Waals surface area contributed by atoms with Gasteiger partial charge in [-0.25, -0.2) is 0 Å². The first-order valence-corrected chi connectivity index (χ1v) is 5.48. The van der Waals surface area contributed by atoms with Crippen molar-refractivity contribution >= 4 is 5.91 Å². The summed E-state index contributed by atoms with van der Waals surface area (Å²) in [5, 5.41) is 10.9. The minimum Gasteiger partial charge on any atom is -0.347 e. The van der Waals surface area contributed by atoms with E-state index >= 15 is 0 Å². The van der Waals surface area contributed by atoms with Crippen LogP contribution in [-0.4, -0.2) is 25.5 Å². The highest BCUT2D eigenvalue weighted by Gasteiger charge is 2.09. The molecule has 0 radical (unpaired) electrons. The van der Waals surface area contributed by atoms with Crippen LogP contribution in [0.3, 0.4) is 0 Å². The van der Waals surface area contributed by atoms with Crippen molar-refractivity contribution in [1.82, 2.24) is 24.9 Å². The minimum atomic E-state index is -0.130. The van der Waals surface area contributed by atoms with Crippen LogP contribution >= 0.6 is 0 Å². The number of hydrogen-bond donors (Lipinski definition) is 1. The predicted molar refractivity (Wildman–Crippen MR) is 62.3 cm³/mol. The maximum atomic E-state index is 11.8. The lowest BCUT2D eigenvalue weighted by Gasteiger charge is -2.03. The van der Waals surface area contributed by atoms with Gasteiger partial charge in [-0.2, -0.15) is 10.2 Å². The molecule has 90 valence electrons. The fourth-order valence-corrected chi connectivity index (χ4v) is 1.54. The molecule has 6 heteroatoms. The van der Waals surface area contributed by atoms with Crippen molar-refractivity contribution in [2.24, 2.45) is 7.05 Å². The summed E-state index contributed by atoms with van der Waals surface area (Å²) >= 11 is 0. The summed E-state index contributed by atoms with van der Waals surface area (Å²) in [6, 6.07) is 1.69. The monoisotopic (exact) mass is 233 g/mol. The molecule has 0 aliphatic heterocycles. The van der Waals surface area contributed by atoms with Gasteiger partial charge in [0.2, 0.25) is 0 Å². The highest BCUT2D eigenvalue weighted by molar-refractivity contribution is 5.92. The van der Waals surface area contributed by atoms with Crippen LogP contribution in [0.2, 0.25) is 0 Å². The SMILES string of the molecule is CCn1cc(CNC(=O)c2ccnn2C)cn1. The van der Waals surface area contributed by atoms with Crippen LogP contribution in [0.15, 0.2) is 24.7 Å². The van der Waals surface area contributed by atoms with Crippen LogP contribution in [-0.2, 0) is 20.1 Å². The zero-order valence-corrected chi connectivity index (χ0v) is 9.92. The van der Waals surface area contributed by atoms with Gasteiger partial charge in [-0.1, -0.05) is 0 Å². The lowest BCUT2D eigenvalue weighted by atomic mass is 10.3. The highest BCUT2D eigenvalue weighted by atomic mass is 16.2. The van der Waals surface area contributed by atoms with Crippen molar-refractivity contribution in [2.45, 2.75) is 20.0 Å². The third-order valence-corrected chi connectivity index (χ3v) is 2.52. The second-order valence-electron chi connectivity index (χ2n) is 3.73. The topological polar surface area (TPSA) is 64.7 Å². The number of hydrogen-bond acceptors (Lipinski definition) is 3. The summed E-state index contributed by atoms with van der Waals surface area (Å²) in [6.45, 7) is 3.32. The molecule has 0 spiro atoms. The van der Waals surface area contributed by atoms with E-state index in [2.05, 4.69) is 15.5 Å². The number of carbonyl (C=O) groups is 1. The number of amides is 1. The number of aromatic nitrogens is 4. The Morgan fingerprint density at radius 2 is 2.29 bits per heavy atom. The van der Waals surface area contributed by atoms with Gasteiger partial charge < -0.3 is 5.32 Å². The molecular formula is C11H15N5O. The van der Waals surface area contributed by atoms with E-state index in [0.29, 0.717) is 12.2 Å². The zero-order chi connectivity index (χ0) is 12.3. The predicted octanol–water partition coefficient (Wildman–Crippen LogP) is 0.566. The Morgan fingerprint density at radius 3 is 2.88 bits per heavy atom. The van der Waals surface area contributed by atoms with E-state index in [1.54, 1.807) is 30.2 Å². The fourth-order valence-electron chi connectivity index (χ4n) is 1.54. The van der Waals surface area contributed by atoms with Crippen LogP contribution in [0.5, 0.6) is 0 Å². The first-order chi connectivity index (χ1) is 8.20. The molecule has 2 aromatic heterocycles. The van der Waals surface area contributed by atoms with Crippen molar-refractivity contribution in [2.75, 3.05) is 0 Å². The van der Waals surface area contributed by atoms with Gasteiger partial charge in [0.1, 0.15) is 5.69 Å². The maximum absolute atomic E-state index is 11.8. The molecule has 6 nitrogen and oxygen atoms in total. The number of rotatable bonds is 4. The van der Waals surface area contributed by atoms with Gasteiger partial charge in [0.05, 0.1) is 6.20 Å². The highest BCUT2D eigenvalue weighted by Crippen LogP contribution is 2.00. The molecule has 0 atom stereocenters. The molecule has 2 rings (SSSR count). The van der Waals surface area contributed by atoms with E-state index in [4.69, 9.17) is 0 Å². The molecule has 0 saturated carbocycles. The van der Waals surface area contributed by atoms with Gasteiger partial charge in [-0.05, 0) is 13.0 Å². The number of aryl methyl sites for hydroxylation is 2. The number of nitrogens with one attached hydrogen (secondary N) is 1. The van der Waals surface area contributed by atoms with E-state index < -0.39 is 0 Å². The van der Waals surface area contributed by atoms with Crippen LogP contribution in [0.25, 0.3) is 0 Å². The molecule has 17 heavy (non-hydrogen) atoms. The summed E-state index contributed by atoms with van der Waals surface area (Å²) in [6.07, 6.45) is 5.28. The van der Waals surface area contributed by atoms with Crippen molar-refractivity contribution in [1.29, 1.82) is 0 Å². The molecule has 0 aromatic carbocycles. The maximum Gasteiger partial charge on any atom is 0.269 e. The van der Waals surface area contributed by atoms with E-state index in [0.717, 1.165) is 12.1 Å². The Labute approximate surface area is 99.2 Å². The summed E-state index contributed by atoms with van der Waals surface area (Å²) in [5.41, 5.74) is 1.54. The standard InChI is InChI=1S/C11H15N5O/c1-3-16-8-9(7-14-16)6-12-11(17)10-4-5-13-15(10)2/h4-5,7-8H,3,6H2,1-2H3,(H,12,17). The van der Waals surface area contributed by atoms with Crippen molar-refractivity contribution < 1.29 is 4.79 Å². The summed E-state index contributed by atoms with van der Waals surface area (Å²) < 4.78 is 3.37. The zero-order valence-electron chi connectivity index (χ0n) is 9.92. The molecule has 0 bridgehead atoms. The van der Waals surface area contributed by atoms with Gasteiger partial charge in [-0.15, -0.1) is 0 Å². The average molecular weight is 233 g/mol. The summed E-state index contributed by atoms with van der Waals surface area (Å²) in [7, 11) is 1.74. The van der Waals surface area contributed by atoms with Crippen molar-refractivity contribution in [3.63, 3.8) is 0 Å². The second kappa shape index (κ2) is 4.82. The van der Waals surface area contributed by atoms with E-state index in [1.165, 1.54) is 0 Å². The molecule has 0 fully saturated rings. The summed E-state index contributed by atoms with van der Waals surface area (Å²) in [4.78, 5) is 11.8. The average Bonchev–Trinajstić information content (AvgIpc) is 2.94. The molecule has 0 aliphatic carbocycles. The van der Waals surface area contributed by atoms with Gasteiger partial charge in [0, 0.05) is 38.1 Å². The largest absolute Gasteiger partial charge is 0.347 e. The van der Waals surface area contributed by atoms with Crippen LogP contribution < -0.4 is 5.32 Å². The quantitative estimate of drug-likeness (QED) is 0.839. The van der Waals surface area contributed by atoms with E-state index in [-0.39, 0.29) is 5.91 Å². The first-order valence-electron chi connectivity index (χ1n) is 5.48. The molecule has 0 saturated heterocycles. The lowest BCUT2D eigenvalue weighted by Crippen LogP contribution is -2.24. The molecule has 1 N–H and O–H groups in total. The lowest BCUT2D eigenvalue weighted by molar-refractivity contribution is 0.0941. The number of carbonyl (C=O) groups excluding carboxylic acids is 1. The van der Waals surface area contributed by atoms with Crippen LogP contribution in [0.4, 0.5) is 0 Å². The summed E-state index contributed by atoms with van der Waals surface area (Å²) in [5.74, 6) is -0.130. The molecule has 1 amide bonds.